The zero-order valence-electron chi connectivity index (χ0n) is 29.6. The Bertz CT molecular complexity index is 907. The van der Waals surface area contributed by atoms with Gasteiger partial charge < -0.3 is 30.5 Å². The molecule has 0 aromatic rings. The Morgan fingerprint density at radius 3 is 2.13 bits per heavy atom. The van der Waals surface area contributed by atoms with Crippen LogP contribution >= 0.6 is 23.4 Å². The van der Waals surface area contributed by atoms with E-state index in [0.29, 0.717) is 12.3 Å². The van der Waals surface area contributed by atoms with Crippen molar-refractivity contribution >= 4 is 35.2 Å². The molecule has 0 spiro atoms. The highest BCUT2D eigenvalue weighted by Gasteiger charge is 2.48. The van der Waals surface area contributed by atoms with Crippen molar-refractivity contribution in [3.8, 4) is 0 Å². The number of amides is 1. The number of hydrogen-bond donors (Lipinski definition) is 5. The van der Waals surface area contributed by atoms with Gasteiger partial charge in [-0.15, -0.1) is 23.4 Å². The number of carbonyl (C=O) groups excluding carboxylic acids is 1. The fraction of sp³-hybridized carbons (Fsp3) is 0.833. The molecule has 0 aliphatic carbocycles. The zero-order chi connectivity index (χ0) is 35.2. The van der Waals surface area contributed by atoms with Crippen LogP contribution in [0, 0.1) is 5.92 Å². The number of allylic oxidation sites excluding steroid dienone is 4. The number of rotatable bonds is 21. The van der Waals surface area contributed by atoms with Crippen LogP contribution in [0.4, 0.5) is 0 Å². The first-order chi connectivity index (χ1) is 22.5. The lowest BCUT2D eigenvalue weighted by atomic mass is 9.92. The van der Waals surface area contributed by atoms with Crippen LogP contribution in [0.3, 0.4) is 0 Å². The molecule has 2 aliphatic rings. The summed E-state index contributed by atoms with van der Waals surface area (Å²) in [5, 5.41) is 41.5. The molecule has 2 rings (SSSR count). The number of hydrogen-bond acceptors (Lipinski definition) is 8. The van der Waals surface area contributed by atoms with Gasteiger partial charge in [0.05, 0.1) is 17.5 Å². The first-order valence-corrected chi connectivity index (χ1v) is 19.6. The van der Waals surface area contributed by atoms with E-state index in [-0.39, 0.29) is 11.9 Å². The maximum atomic E-state index is 12.9. The zero-order valence-corrected chi connectivity index (χ0v) is 31.1. The number of nitrogens with zero attached hydrogens (tertiary/aromatic N) is 1. The van der Waals surface area contributed by atoms with Crippen molar-refractivity contribution in [2.45, 2.75) is 164 Å². The molecule has 0 radical (unpaired) electrons. The van der Waals surface area contributed by atoms with Crippen molar-refractivity contribution in [2.24, 2.45) is 5.92 Å². The predicted molar refractivity (Wildman–Crippen MR) is 194 cm³/mol. The number of aliphatic hydroxyl groups is 3. The minimum atomic E-state index is -1.36. The number of unbranched alkanes of at least 4 members (excludes halogenated alkanes) is 8. The molecular weight excluding hydrogens is 640 g/mol. The van der Waals surface area contributed by atoms with Gasteiger partial charge in [-0.2, -0.15) is 0 Å². The number of likely N-dealkylation sites (tertiary alicyclic amines) is 1. The molecule has 0 saturated carbocycles. The van der Waals surface area contributed by atoms with Crippen LogP contribution in [0.2, 0.25) is 0 Å². The van der Waals surface area contributed by atoms with Crippen LogP contribution in [-0.4, -0.2) is 104 Å². The van der Waals surface area contributed by atoms with Gasteiger partial charge in [0.25, 0.3) is 0 Å². The van der Waals surface area contributed by atoms with Gasteiger partial charge in [-0.1, -0.05) is 76.7 Å². The lowest BCUT2D eigenvalue weighted by Gasteiger charge is -2.44. The van der Waals surface area contributed by atoms with Crippen LogP contribution in [0.25, 0.3) is 0 Å². The number of aliphatic hydroxyl groups excluding tert-OH is 3. The number of ether oxygens (including phenoxy) is 1. The van der Waals surface area contributed by atoms with E-state index in [1.54, 1.807) is 13.2 Å². The first kappa shape index (κ1) is 43.9. The first-order valence-electron chi connectivity index (χ1n) is 17.9. The summed E-state index contributed by atoms with van der Waals surface area (Å²) in [6.45, 7) is 6.97. The summed E-state index contributed by atoms with van der Waals surface area (Å²) in [5.74, 6) is -0.321. The van der Waals surface area contributed by atoms with Crippen molar-refractivity contribution in [2.75, 3.05) is 19.8 Å². The molecule has 5 N–H and O–H groups in total. The van der Waals surface area contributed by atoms with Crippen LogP contribution in [0.1, 0.15) is 117 Å². The molecule has 0 aromatic carbocycles. The number of carboxylic acids is 1. The minimum absolute atomic E-state index is 0.147. The molecule has 2 saturated heterocycles. The van der Waals surface area contributed by atoms with E-state index < -0.39 is 47.2 Å². The molecular formula is C36H65ClN2O7S. The van der Waals surface area contributed by atoms with E-state index in [1.165, 1.54) is 56.7 Å². The monoisotopic (exact) mass is 704 g/mol. The summed E-state index contributed by atoms with van der Waals surface area (Å²) in [7, 11) is 1.94. The lowest BCUT2D eigenvalue weighted by molar-refractivity contribution is -0.205. The van der Waals surface area contributed by atoms with E-state index in [0.717, 1.165) is 51.5 Å². The summed E-state index contributed by atoms with van der Waals surface area (Å²) in [6, 6.07) is -0.934. The highest BCUT2D eigenvalue weighted by Crippen LogP contribution is 2.31. The van der Waals surface area contributed by atoms with Crippen molar-refractivity contribution in [1.82, 2.24) is 10.2 Å². The van der Waals surface area contributed by atoms with Crippen molar-refractivity contribution in [3.05, 3.63) is 24.3 Å². The molecule has 9 nitrogen and oxygen atoms in total. The number of carbonyl (C=O) groups is 2. The van der Waals surface area contributed by atoms with Gasteiger partial charge >= 0.3 is 5.97 Å². The third-order valence-corrected chi connectivity index (χ3v) is 10.1. The average Bonchev–Trinajstić information content (AvgIpc) is 3.41. The van der Waals surface area contributed by atoms with Crippen LogP contribution in [0.5, 0.6) is 0 Å². The topological polar surface area (TPSA) is 140 Å². The fourth-order valence-electron chi connectivity index (χ4n) is 6.20. The van der Waals surface area contributed by atoms with Crippen molar-refractivity contribution < 1.29 is 34.8 Å². The number of thioether (sulfide) groups is 1. The van der Waals surface area contributed by atoms with Crippen molar-refractivity contribution in [1.29, 1.82) is 0 Å². The molecule has 47 heavy (non-hydrogen) atoms. The Hall–Kier alpha value is -1.14. The van der Waals surface area contributed by atoms with E-state index in [2.05, 4.69) is 43.5 Å². The predicted octanol–water partition coefficient (Wildman–Crippen LogP) is 6.27. The highest BCUT2D eigenvalue weighted by atomic mass is 35.5. The van der Waals surface area contributed by atoms with Gasteiger partial charge in [-0.3, -0.25) is 14.5 Å². The SMILES string of the molecule is CCCCC/C=C\C/C=C\CCCCCCCC(=O)O.CCC[C@@H]1C[C@@H](C(=O)N[C@@H]([C@H]2O[C@H](SC)[C@H](O)[C@@H](O)[C@H]2O)[C@H](C)Cl)N(C)C1. The summed E-state index contributed by atoms with van der Waals surface area (Å²) in [5.41, 5.74) is -0.702. The normalized spacial score (nSPS) is 27.9. The number of likely N-dealkylation sites (N-methyl/N-ethyl adjacent to an activating group) is 1. The third kappa shape index (κ3) is 17.4. The van der Waals surface area contributed by atoms with E-state index in [4.69, 9.17) is 21.4 Å². The molecule has 11 heteroatoms. The largest absolute Gasteiger partial charge is 0.481 e. The van der Waals surface area contributed by atoms with Gasteiger partial charge in [0.1, 0.15) is 29.9 Å². The lowest BCUT2D eigenvalue weighted by Crippen LogP contribution is -2.65. The number of aliphatic carboxylic acids is 1. The summed E-state index contributed by atoms with van der Waals surface area (Å²) < 4.78 is 5.79. The van der Waals surface area contributed by atoms with Crippen LogP contribution in [-0.2, 0) is 14.3 Å². The van der Waals surface area contributed by atoms with Crippen molar-refractivity contribution in [3.63, 3.8) is 0 Å². The second-order valence-corrected chi connectivity index (χ2v) is 14.7. The van der Waals surface area contributed by atoms with E-state index in [9.17, 15) is 24.9 Å². The molecule has 2 fully saturated rings. The summed E-state index contributed by atoms with van der Waals surface area (Å²) >= 11 is 7.55. The molecule has 0 aromatic heterocycles. The number of nitrogens with one attached hydrogen (secondary N) is 1. The number of alkyl halides is 1. The average molecular weight is 705 g/mol. The minimum Gasteiger partial charge on any atom is -0.481 e. The second-order valence-electron chi connectivity index (χ2n) is 13.1. The number of carboxylic acid groups (broad SMARTS) is 1. The number of halogens is 1. The second kappa shape index (κ2) is 25.8. The molecule has 0 unspecified atom stereocenters. The smallest absolute Gasteiger partial charge is 0.303 e. The van der Waals surface area contributed by atoms with Crippen LogP contribution in [0.15, 0.2) is 24.3 Å². The van der Waals surface area contributed by atoms with Gasteiger partial charge in [0.15, 0.2) is 0 Å². The molecule has 9 atom stereocenters. The van der Waals surface area contributed by atoms with E-state index >= 15 is 0 Å². The Balaban J connectivity index is 0.000000494. The molecule has 0 bridgehead atoms. The summed E-state index contributed by atoms with van der Waals surface area (Å²) in [6.07, 6.45) is 22.2. The van der Waals surface area contributed by atoms with Crippen LogP contribution < -0.4 is 5.32 Å². The Labute approximate surface area is 293 Å². The maximum absolute atomic E-state index is 12.9. The molecule has 2 heterocycles. The van der Waals surface area contributed by atoms with Gasteiger partial charge in [0.2, 0.25) is 5.91 Å². The van der Waals surface area contributed by atoms with Gasteiger partial charge in [-0.05, 0) is 77.5 Å². The molecule has 274 valence electrons. The highest BCUT2D eigenvalue weighted by molar-refractivity contribution is 7.99. The summed E-state index contributed by atoms with van der Waals surface area (Å²) in [4.78, 5) is 25.3. The van der Waals surface area contributed by atoms with Gasteiger partial charge in [0, 0.05) is 13.0 Å². The Morgan fingerprint density at radius 2 is 1.55 bits per heavy atom. The standard InChI is InChI=1S/C18H33ClN2O5S.C18H32O2/c1-5-6-10-7-11(21(3)8-10)17(25)20-12(9(2)19)16-14(23)13(22)15(24)18(26-16)27-4;1-2-3-4-5-6-7-8-9-10-11-12-13-14-15-16-17-18(19)20/h9-16,18,22-24H,5-8H2,1-4H3,(H,20,25);6-7,9-10H,2-5,8,11-17H2,1H3,(H,19,20)/b;7-6-,10-9-/t9-,10+,11-,12+,13-,14+,15+,16+,18+;/m0./s1. The Kier molecular flexibility index (Phi) is 24.1. The Morgan fingerprint density at radius 1 is 0.936 bits per heavy atom. The molecule has 2 aliphatic heterocycles. The fourth-order valence-corrected chi connectivity index (χ4v) is 7.09. The quantitative estimate of drug-likeness (QED) is 0.0531. The third-order valence-electron chi connectivity index (χ3n) is 8.97. The van der Waals surface area contributed by atoms with E-state index in [1.807, 2.05) is 11.9 Å². The maximum Gasteiger partial charge on any atom is 0.303 e. The molecule has 1 amide bonds. The van der Waals surface area contributed by atoms with Gasteiger partial charge in [-0.25, -0.2) is 0 Å².